The molecule has 0 radical (unpaired) electrons. The molecule has 0 amide bonds. The Kier molecular flexibility index (Phi) is 2.35. The lowest BCUT2D eigenvalue weighted by Gasteiger charge is -2.33. The van der Waals surface area contributed by atoms with Gasteiger partial charge < -0.3 is 5.11 Å². The zero-order chi connectivity index (χ0) is 8.55. The molecule has 1 aliphatic heterocycles. The Morgan fingerprint density at radius 1 is 1.33 bits per heavy atom. The fraction of sp³-hybridized carbons (Fsp3) is 1.00. The highest BCUT2D eigenvalue weighted by molar-refractivity contribution is 4.84. The van der Waals surface area contributed by atoms with E-state index in [1.54, 1.807) is 0 Å². The first-order valence-electron chi connectivity index (χ1n) is 4.93. The molecular formula is C9H18N2O. The van der Waals surface area contributed by atoms with Crippen LogP contribution in [0.25, 0.3) is 0 Å². The van der Waals surface area contributed by atoms with Crippen LogP contribution < -0.4 is 5.84 Å². The summed E-state index contributed by atoms with van der Waals surface area (Å²) in [6.07, 6.45) is 4.69. The minimum atomic E-state index is -0.0922. The summed E-state index contributed by atoms with van der Waals surface area (Å²) in [5.74, 6) is 7.05. The fourth-order valence-electron chi connectivity index (χ4n) is 2.06. The summed E-state index contributed by atoms with van der Waals surface area (Å²) in [7, 11) is 0. The maximum absolute atomic E-state index is 9.68. The first-order chi connectivity index (χ1) is 5.75. The third-order valence-electron chi connectivity index (χ3n) is 3.06. The Hall–Kier alpha value is -0.120. The molecule has 0 spiro atoms. The number of aliphatic hydroxyl groups is 1. The van der Waals surface area contributed by atoms with Crippen LogP contribution in [0.5, 0.6) is 0 Å². The van der Waals surface area contributed by atoms with Gasteiger partial charge in [0.2, 0.25) is 0 Å². The number of nitrogens with two attached hydrogens (primary N) is 1. The highest BCUT2D eigenvalue weighted by Crippen LogP contribution is 2.37. The third kappa shape index (κ3) is 1.97. The van der Waals surface area contributed by atoms with Gasteiger partial charge in [0, 0.05) is 13.1 Å². The van der Waals surface area contributed by atoms with Gasteiger partial charge in [-0.1, -0.05) is 12.8 Å². The maximum atomic E-state index is 9.68. The predicted molar refractivity (Wildman–Crippen MR) is 47.2 cm³/mol. The molecule has 70 valence electrons. The highest BCUT2D eigenvalue weighted by atomic mass is 16.3. The van der Waals surface area contributed by atoms with E-state index in [9.17, 15) is 5.11 Å². The van der Waals surface area contributed by atoms with Crippen LogP contribution in [0, 0.1) is 11.8 Å². The molecule has 3 N–H and O–H groups in total. The van der Waals surface area contributed by atoms with Gasteiger partial charge in [-0.05, 0) is 24.7 Å². The van der Waals surface area contributed by atoms with Crippen LogP contribution in [0.1, 0.15) is 25.7 Å². The second-order valence-corrected chi connectivity index (χ2v) is 4.29. The summed E-state index contributed by atoms with van der Waals surface area (Å²) in [5, 5.41) is 11.5. The van der Waals surface area contributed by atoms with Crippen molar-refractivity contribution in [3.8, 4) is 0 Å². The zero-order valence-electron chi connectivity index (χ0n) is 7.45. The number of rotatable bonds is 2. The van der Waals surface area contributed by atoms with Crippen LogP contribution >= 0.6 is 0 Å². The van der Waals surface area contributed by atoms with Crippen molar-refractivity contribution < 1.29 is 5.11 Å². The van der Waals surface area contributed by atoms with Crippen molar-refractivity contribution in [2.75, 3.05) is 13.1 Å². The molecule has 0 aromatic heterocycles. The number of aliphatic hydroxyl groups excluding tert-OH is 1. The number of nitrogens with zero attached hydrogens (tertiary/aromatic N) is 1. The molecule has 0 aromatic rings. The van der Waals surface area contributed by atoms with E-state index in [0.29, 0.717) is 5.92 Å². The van der Waals surface area contributed by atoms with Gasteiger partial charge in [-0.3, -0.25) is 5.84 Å². The maximum Gasteiger partial charge on any atom is 0.0594 e. The van der Waals surface area contributed by atoms with Crippen molar-refractivity contribution >= 4 is 0 Å². The quantitative estimate of drug-likeness (QED) is 0.588. The van der Waals surface area contributed by atoms with Crippen molar-refractivity contribution in [1.82, 2.24) is 5.01 Å². The van der Waals surface area contributed by atoms with Gasteiger partial charge in [-0.15, -0.1) is 0 Å². The molecule has 2 aliphatic rings. The van der Waals surface area contributed by atoms with Gasteiger partial charge in [-0.25, -0.2) is 5.01 Å². The normalized spacial score (nSPS) is 38.5. The van der Waals surface area contributed by atoms with Crippen LogP contribution in [0.3, 0.4) is 0 Å². The van der Waals surface area contributed by atoms with E-state index in [1.807, 2.05) is 5.01 Å². The lowest BCUT2D eigenvalue weighted by Crippen LogP contribution is -2.46. The van der Waals surface area contributed by atoms with Crippen molar-refractivity contribution in [2.45, 2.75) is 31.8 Å². The summed E-state index contributed by atoms with van der Waals surface area (Å²) in [5.41, 5.74) is 0. The van der Waals surface area contributed by atoms with E-state index in [4.69, 9.17) is 5.84 Å². The molecule has 3 nitrogen and oxygen atoms in total. The monoisotopic (exact) mass is 170 g/mol. The number of hydrogen-bond acceptors (Lipinski definition) is 3. The second kappa shape index (κ2) is 3.32. The van der Waals surface area contributed by atoms with E-state index in [1.165, 1.54) is 19.3 Å². The molecule has 2 atom stereocenters. The molecule has 0 aromatic carbocycles. The van der Waals surface area contributed by atoms with E-state index < -0.39 is 0 Å². The standard InChI is InChI=1S/C9H18N2O/c10-11-4-3-9(12)8(6-11)5-7-1-2-7/h7-9,12H,1-6,10H2/t8-,9+/m1/s1. The molecule has 1 heterocycles. The largest absolute Gasteiger partial charge is 0.393 e. The summed E-state index contributed by atoms with van der Waals surface area (Å²) >= 11 is 0. The van der Waals surface area contributed by atoms with E-state index in [0.717, 1.165) is 25.4 Å². The molecule has 0 bridgehead atoms. The van der Waals surface area contributed by atoms with Crippen molar-refractivity contribution in [3.63, 3.8) is 0 Å². The Morgan fingerprint density at radius 2 is 2.08 bits per heavy atom. The summed E-state index contributed by atoms with van der Waals surface area (Å²) in [6.45, 7) is 1.74. The number of hydrazine groups is 1. The minimum Gasteiger partial charge on any atom is -0.393 e. The average Bonchev–Trinajstić information content (AvgIpc) is 2.81. The minimum absolute atomic E-state index is 0.0922. The van der Waals surface area contributed by atoms with Crippen LogP contribution in [0.2, 0.25) is 0 Å². The van der Waals surface area contributed by atoms with Crippen LogP contribution in [0.15, 0.2) is 0 Å². The number of hydrogen-bond donors (Lipinski definition) is 2. The fourth-order valence-corrected chi connectivity index (χ4v) is 2.06. The smallest absolute Gasteiger partial charge is 0.0594 e. The molecule has 1 aliphatic carbocycles. The molecule has 1 saturated carbocycles. The summed E-state index contributed by atoms with van der Waals surface area (Å²) in [6, 6.07) is 0. The molecule has 3 heteroatoms. The van der Waals surface area contributed by atoms with Gasteiger partial charge in [0.25, 0.3) is 0 Å². The van der Waals surface area contributed by atoms with Gasteiger partial charge in [-0.2, -0.15) is 0 Å². The lowest BCUT2D eigenvalue weighted by molar-refractivity contribution is 0.0203. The third-order valence-corrected chi connectivity index (χ3v) is 3.06. The average molecular weight is 170 g/mol. The van der Waals surface area contributed by atoms with Gasteiger partial charge >= 0.3 is 0 Å². The van der Waals surface area contributed by atoms with E-state index >= 15 is 0 Å². The Labute approximate surface area is 73.5 Å². The highest BCUT2D eigenvalue weighted by Gasteiger charge is 2.32. The molecule has 2 rings (SSSR count). The van der Waals surface area contributed by atoms with Crippen molar-refractivity contribution in [1.29, 1.82) is 0 Å². The van der Waals surface area contributed by atoms with E-state index in [-0.39, 0.29) is 6.10 Å². The van der Waals surface area contributed by atoms with Crippen molar-refractivity contribution in [2.24, 2.45) is 17.7 Å². The second-order valence-electron chi connectivity index (χ2n) is 4.29. The molecule has 0 unspecified atom stereocenters. The summed E-state index contributed by atoms with van der Waals surface area (Å²) in [4.78, 5) is 0. The van der Waals surface area contributed by atoms with Gasteiger partial charge in [0.1, 0.15) is 0 Å². The van der Waals surface area contributed by atoms with Crippen LogP contribution in [0.4, 0.5) is 0 Å². The first kappa shape index (κ1) is 8.48. The Balaban J connectivity index is 1.82. The molecule has 2 fully saturated rings. The Bertz CT molecular complexity index is 157. The summed E-state index contributed by atoms with van der Waals surface area (Å²) < 4.78 is 0. The Morgan fingerprint density at radius 3 is 2.75 bits per heavy atom. The first-order valence-corrected chi connectivity index (χ1v) is 4.93. The van der Waals surface area contributed by atoms with Gasteiger partial charge in [0.05, 0.1) is 6.10 Å². The van der Waals surface area contributed by atoms with Crippen LogP contribution in [-0.4, -0.2) is 29.3 Å². The number of piperidine rings is 1. The SMILES string of the molecule is NN1CC[C@H](O)[C@H](CC2CC2)C1. The molecule has 1 saturated heterocycles. The topological polar surface area (TPSA) is 49.5 Å². The molecule has 12 heavy (non-hydrogen) atoms. The lowest BCUT2D eigenvalue weighted by atomic mass is 9.91. The predicted octanol–water partition coefficient (Wildman–Crippen LogP) is 0.343. The van der Waals surface area contributed by atoms with E-state index in [2.05, 4.69) is 0 Å². The van der Waals surface area contributed by atoms with Gasteiger partial charge in [0.15, 0.2) is 0 Å². The molecular weight excluding hydrogens is 152 g/mol. The van der Waals surface area contributed by atoms with Crippen molar-refractivity contribution in [3.05, 3.63) is 0 Å². The zero-order valence-corrected chi connectivity index (χ0v) is 7.45. The van der Waals surface area contributed by atoms with Crippen LogP contribution in [-0.2, 0) is 0 Å².